The first kappa shape index (κ1) is 39.7. The molecule has 1 fully saturated rings. The maximum atomic E-state index is 12.4. The summed E-state index contributed by atoms with van der Waals surface area (Å²) >= 11 is 0. The maximum Gasteiger partial charge on any atom is 0.341 e. The van der Waals surface area contributed by atoms with Crippen molar-refractivity contribution in [3.63, 3.8) is 0 Å². The van der Waals surface area contributed by atoms with Gasteiger partial charge in [-0.1, -0.05) is 45.2 Å². The highest BCUT2D eigenvalue weighted by Crippen LogP contribution is 2.35. The number of carbonyl (C=O) groups excluding carboxylic acids is 2. The van der Waals surface area contributed by atoms with Gasteiger partial charge in [0.1, 0.15) is 28.2 Å². The van der Waals surface area contributed by atoms with Gasteiger partial charge < -0.3 is 39.8 Å². The molecule has 14 heteroatoms. The summed E-state index contributed by atoms with van der Waals surface area (Å²) in [6, 6.07) is 10.5. The van der Waals surface area contributed by atoms with Crippen LogP contribution in [0.4, 0.5) is 5.69 Å². The first-order valence-corrected chi connectivity index (χ1v) is 16.7. The van der Waals surface area contributed by atoms with E-state index in [0.29, 0.717) is 28.2 Å². The van der Waals surface area contributed by atoms with E-state index < -0.39 is 42.3 Å². The minimum Gasteiger partial charge on any atom is -0.481 e. The summed E-state index contributed by atoms with van der Waals surface area (Å²) in [4.78, 5) is 57.7. The Hall–Kier alpha value is -4.75. The normalized spacial score (nSPS) is 16.1. The predicted octanol–water partition coefficient (Wildman–Crippen LogP) is 2.44. The van der Waals surface area contributed by atoms with E-state index in [4.69, 9.17) is 35.7 Å². The van der Waals surface area contributed by atoms with Gasteiger partial charge in [-0.3, -0.25) is 9.59 Å². The lowest BCUT2D eigenvalue weighted by atomic mass is 9.84. The number of benzene rings is 2. The highest BCUT2D eigenvalue weighted by Gasteiger charge is 2.41. The van der Waals surface area contributed by atoms with Crippen molar-refractivity contribution in [1.82, 2.24) is 4.90 Å². The number of para-hydroxylation sites is 1. The summed E-state index contributed by atoms with van der Waals surface area (Å²) in [6.45, 7) is 7.64. The van der Waals surface area contributed by atoms with E-state index in [0.717, 1.165) is 49.8 Å². The number of methoxy groups -OCH3 is 1. The molecule has 2 aliphatic heterocycles. The van der Waals surface area contributed by atoms with Crippen molar-refractivity contribution >= 4 is 41.1 Å². The van der Waals surface area contributed by atoms with Crippen LogP contribution in [0.15, 0.2) is 36.4 Å². The smallest absolute Gasteiger partial charge is 0.341 e. The molecular formula is C36H47N3O11. The molecule has 0 spiro atoms. The number of ether oxygens (including phenoxy) is 2. The van der Waals surface area contributed by atoms with E-state index in [-0.39, 0.29) is 6.04 Å². The molecule has 1 saturated heterocycles. The van der Waals surface area contributed by atoms with Gasteiger partial charge in [0.15, 0.2) is 5.60 Å². The molecule has 1 atom stereocenters. The molecule has 2 aromatic rings. The Bertz CT molecular complexity index is 1660. The molecule has 0 aromatic heterocycles. The standard InChI is InChI=1S/C30H39N3O4.C6H8O7/c1-4-6-7-10-17-32-18-15-21(16-19-32)28-24(5-2)33(31)25-13-14-27(23(20-34)29(25)28)37-26-12-9-8-11-22(26)30(35)36-3;7-3(8)1-6(13,5(11)12)2-4(9)10/h8-9,11-14,21,24H,4-7,10,15-19,31H2,1-3H3;13H,1-2H2,(H,7,8)(H,9,10)(H,11,12). The molecule has 0 aliphatic carbocycles. The van der Waals surface area contributed by atoms with Crippen LogP contribution >= 0.6 is 0 Å². The molecule has 2 aromatic carbocycles. The number of carbonyl (C=O) groups is 4. The van der Waals surface area contributed by atoms with Crippen molar-refractivity contribution in [3.8, 4) is 11.5 Å². The highest BCUT2D eigenvalue weighted by molar-refractivity contribution is 5.92. The van der Waals surface area contributed by atoms with E-state index in [1.807, 2.05) is 6.07 Å². The minimum absolute atomic E-state index is 0.0285. The van der Waals surface area contributed by atoms with Gasteiger partial charge in [-0.15, -0.1) is 0 Å². The average molecular weight is 698 g/mol. The van der Waals surface area contributed by atoms with Crippen LogP contribution in [0.3, 0.4) is 0 Å². The largest absolute Gasteiger partial charge is 0.481 e. The summed E-state index contributed by atoms with van der Waals surface area (Å²) < 4.78 is 11.1. The van der Waals surface area contributed by atoms with Gasteiger partial charge >= 0.3 is 23.9 Å². The van der Waals surface area contributed by atoms with E-state index in [2.05, 4.69) is 24.7 Å². The number of nitrogens with two attached hydrogens (primary N) is 1. The van der Waals surface area contributed by atoms with E-state index in [1.165, 1.54) is 38.4 Å². The SMILES string of the molecule is CCCCCCN1CCC(C2=c3c(ccc(Oc4ccccc4C(=O)OC)c3=C=O)N(N)C2CC)CC1.O=C(O)CC(O)(CC(=O)O)C(=O)O. The van der Waals surface area contributed by atoms with Crippen LogP contribution < -0.4 is 26.0 Å². The van der Waals surface area contributed by atoms with E-state index >= 15 is 0 Å². The van der Waals surface area contributed by atoms with Crippen molar-refractivity contribution in [2.45, 2.75) is 83.3 Å². The van der Waals surface area contributed by atoms with Crippen LogP contribution in [0.1, 0.15) is 82.0 Å². The number of aliphatic hydroxyl groups is 1. The van der Waals surface area contributed by atoms with Gasteiger partial charge in [0, 0.05) is 5.22 Å². The van der Waals surface area contributed by atoms with Crippen molar-refractivity contribution < 1.29 is 53.9 Å². The molecule has 2 heterocycles. The fourth-order valence-electron chi connectivity index (χ4n) is 6.54. The fourth-order valence-corrected chi connectivity index (χ4v) is 6.54. The quantitative estimate of drug-likeness (QED) is 0.103. The monoisotopic (exact) mass is 697 g/mol. The summed E-state index contributed by atoms with van der Waals surface area (Å²) in [5.74, 6) is 4.27. The van der Waals surface area contributed by atoms with Gasteiger partial charge in [-0.2, -0.15) is 0 Å². The number of hydrogen-bond donors (Lipinski definition) is 5. The Morgan fingerprint density at radius 1 is 0.940 bits per heavy atom. The number of piperidine rings is 1. The molecular weight excluding hydrogens is 650 g/mol. The third-order valence-corrected chi connectivity index (χ3v) is 9.05. The summed E-state index contributed by atoms with van der Waals surface area (Å²) in [7, 11) is 1.33. The zero-order valence-electron chi connectivity index (χ0n) is 28.7. The third-order valence-electron chi connectivity index (χ3n) is 9.05. The number of nitrogens with zero attached hydrogens (tertiary/aromatic N) is 2. The van der Waals surface area contributed by atoms with Crippen LogP contribution in [0, 0.1) is 5.92 Å². The molecule has 0 saturated carbocycles. The number of carboxylic acid groups (broad SMARTS) is 3. The Labute approximate surface area is 290 Å². The number of hydrazine groups is 1. The number of anilines is 1. The Morgan fingerprint density at radius 3 is 2.12 bits per heavy atom. The van der Waals surface area contributed by atoms with Crippen LogP contribution in [0.5, 0.6) is 11.5 Å². The second-order valence-electron chi connectivity index (χ2n) is 12.5. The molecule has 50 heavy (non-hydrogen) atoms. The second-order valence-corrected chi connectivity index (χ2v) is 12.5. The number of carboxylic acids is 3. The third kappa shape index (κ3) is 9.69. The fraction of sp³-hybridized carbons (Fsp3) is 0.500. The summed E-state index contributed by atoms with van der Waals surface area (Å²) in [5.41, 5.74) is -0.395. The molecule has 2 aliphatic rings. The summed E-state index contributed by atoms with van der Waals surface area (Å²) in [5, 5.41) is 36.8. The van der Waals surface area contributed by atoms with Crippen molar-refractivity contribution in [1.29, 1.82) is 0 Å². The zero-order chi connectivity index (χ0) is 37.0. The van der Waals surface area contributed by atoms with Gasteiger partial charge in [0.05, 0.1) is 31.7 Å². The summed E-state index contributed by atoms with van der Waals surface area (Å²) in [6.07, 6.45) is 5.74. The Kier molecular flexibility index (Phi) is 14.5. The molecule has 0 amide bonds. The van der Waals surface area contributed by atoms with Crippen LogP contribution in [-0.4, -0.2) is 93.5 Å². The van der Waals surface area contributed by atoms with E-state index in [9.17, 15) is 24.0 Å². The van der Waals surface area contributed by atoms with Crippen LogP contribution in [0.2, 0.25) is 0 Å². The molecule has 272 valence electrons. The number of hydrogen-bond acceptors (Lipinski definition) is 11. The number of fused-ring (bicyclic) bond motifs is 1. The second kappa shape index (κ2) is 18.3. The predicted molar refractivity (Wildman–Crippen MR) is 183 cm³/mol. The van der Waals surface area contributed by atoms with Gasteiger partial charge in [0.2, 0.25) is 0 Å². The average Bonchev–Trinajstić information content (AvgIpc) is 3.37. The van der Waals surface area contributed by atoms with Crippen LogP contribution in [-0.2, 0) is 23.9 Å². The number of unbranched alkanes of at least 4 members (excludes halogenated alkanes) is 3. The lowest BCUT2D eigenvalue weighted by Gasteiger charge is -2.35. The Balaban J connectivity index is 0.000000442. The number of likely N-dealkylation sites (tertiary alicyclic amines) is 1. The van der Waals surface area contributed by atoms with E-state index in [1.54, 1.807) is 35.3 Å². The van der Waals surface area contributed by atoms with Crippen molar-refractivity contribution in [3.05, 3.63) is 52.4 Å². The molecule has 4 rings (SSSR count). The molecule has 0 radical (unpaired) electrons. The van der Waals surface area contributed by atoms with Gasteiger partial charge in [-0.25, -0.2) is 20.2 Å². The zero-order valence-corrected chi connectivity index (χ0v) is 28.7. The molecule has 1 unspecified atom stereocenters. The van der Waals surface area contributed by atoms with Crippen molar-refractivity contribution in [2.75, 3.05) is 31.8 Å². The van der Waals surface area contributed by atoms with Gasteiger partial charge in [-0.05, 0) is 81.1 Å². The lowest BCUT2D eigenvalue weighted by Crippen LogP contribution is -2.42. The molecule has 14 nitrogen and oxygen atoms in total. The lowest BCUT2D eigenvalue weighted by molar-refractivity contribution is -0.170. The minimum atomic E-state index is -2.74. The number of rotatable bonds is 15. The Morgan fingerprint density at radius 2 is 1.58 bits per heavy atom. The number of esters is 1. The maximum absolute atomic E-state index is 12.4. The number of aliphatic carboxylic acids is 3. The molecule has 0 bridgehead atoms. The van der Waals surface area contributed by atoms with Gasteiger partial charge in [0.25, 0.3) is 0 Å². The van der Waals surface area contributed by atoms with Crippen molar-refractivity contribution in [2.24, 2.45) is 11.8 Å². The first-order valence-electron chi connectivity index (χ1n) is 16.7. The first-order chi connectivity index (χ1) is 23.8. The van der Waals surface area contributed by atoms with Crippen LogP contribution in [0.25, 0.3) is 5.57 Å². The highest BCUT2D eigenvalue weighted by atomic mass is 16.5. The topological polar surface area (TPSA) is 217 Å². The molecule has 6 N–H and O–H groups in total.